The number of hydrogen-bond donors (Lipinski definition) is 1. The number of nitrogens with one attached hydrogen (secondary N) is 1. The summed E-state index contributed by atoms with van der Waals surface area (Å²) in [5.74, 6) is -0.559. The number of amides is 1. The standard InChI is InChI=1S/C12H15ClFNO2/c1-2-17-8-12(16)15-7-6-9-10(13)4-3-5-11(9)14/h3-5H,2,6-8H2,1H3,(H,15,16). The fourth-order valence-corrected chi connectivity index (χ4v) is 1.60. The Morgan fingerprint density at radius 2 is 2.29 bits per heavy atom. The number of benzene rings is 1. The van der Waals surface area contributed by atoms with Crippen LogP contribution in [0.15, 0.2) is 18.2 Å². The largest absolute Gasteiger partial charge is 0.372 e. The van der Waals surface area contributed by atoms with Gasteiger partial charge in [0.25, 0.3) is 0 Å². The first-order chi connectivity index (χ1) is 8.15. The summed E-state index contributed by atoms with van der Waals surface area (Å²) in [5, 5.41) is 3.01. The summed E-state index contributed by atoms with van der Waals surface area (Å²) < 4.78 is 18.3. The van der Waals surface area contributed by atoms with Crippen LogP contribution in [0.4, 0.5) is 4.39 Å². The molecule has 0 heterocycles. The average molecular weight is 260 g/mol. The third-order valence-corrected chi connectivity index (χ3v) is 2.55. The van der Waals surface area contributed by atoms with Crippen LogP contribution in [-0.2, 0) is 16.0 Å². The fraction of sp³-hybridized carbons (Fsp3) is 0.417. The number of rotatable bonds is 6. The van der Waals surface area contributed by atoms with Gasteiger partial charge >= 0.3 is 0 Å². The van der Waals surface area contributed by atoms with Crippen molar-refractivity contribution >= 4 is 17.5 Å². The van der Waals surface area contributed by atoms with E-state index in [9.17, 15) is 9.18 Å². The van der Waals surface area contributed by atoms with Crippen molar-refractivity contribution in [1.29, 1.82) is 0 Å². The molecule has 3 nitrogen and oxygen atoms in total. The molecule has 0 fully saturated rings. The van der Waals surface area contributed by atoms with Crippen molar-refractivity contribution in [1.82, 2.24) is 5.32 Å². The minimum absolute atomic E-state index is 0.0293. The Morgan fingerprint density at radius 1 is 1.53 bits per heavy atom. The number of hydrogen-bond acceptors (Lipinski definition) is 2. The third kappa shape index (κ3) is 4.71. The van der Waals surface area contributed by atoms with Gasteiger partial charge < -0.3 is 10.1 Å². The van der Waals surface area contributed by atoms with E-state index in [-0.39, 0.29) is 18.3 Å². The van der Waals surface area contributed by atoms with Gasteiger partial charge in [-0.15, -0.1) is 0 Å². The molecular weight excluding hydrogens is 245 g/mol. The van der Waals surface area contributed by atoms with Gasteiger partial charge in [-0.1, -0.05) is 17.7 Å². The van der Waals surface area contributed by atoms with Crippen LogP contribution in [0, 0.1) is 5.82 Å². The van der Waals surface area contributed by atoms with Gasteiger partial charge in [0.2, 0.25) is 5.91 Å². The second-order valence-corrected chi connectivity index (χ2v) is 3.84. The summed E-state index contributed by atoms with van der Waals surface area (Å²) in [4.78, 5) is 11.2. The Morgan fingerprint density at radius 3 is 2.94 bits per heavy atom. The molecule has 0 atom stereocenters. The van der Waals surface area contributed by atoms with E-state index in [0.717, 1.165) is 0 Å². The van der Waals surface area contributed by atoms with E-state index < -0.39 is 0 Å². The first-order valence-electron chi connectivity index (χ1n) is 5.42. The van der Waals surface area contributed by atoms with Gasteiger partial charge in [0.05, 0.1) is 0 Å². The Labute approximate surface area is 105 Å². The predicted octanol–water partition coefficient (Wildman–Crippen LogP) is 2.17. The van der Waals surface area contributed by atoms with Crippen LogP contribution in [0.5, 0.6) is 0 Å². The summed E-state index contributed by atoms with van der Waals surface area (Å²) in [5.41, 5.74) is 0.422. The highest BCUT2D eigenvalue weighted by molar-refractivity contribution is 6.31. The molecule has 0 aliphatic rings. The number of ether oxygens (including phenoxy) is 1. The van der Waals surface area contributed by atoms with Gasteiger partial charge in [-0.2, -0.15) is 0 Å². The normalized spacial score (nSPS) is 10.3. The molecular formula is C12H15ClFNO2. The highest BCUT2D eigenvalue weighted by atomic mass is 35.5. The third-order valence-electron chi connectivity index (χ3n) is 2.20. The number of carbonyl (C=O) groups is 1. The maximum absolute atomic E-state index is 13.4. The lowest BCUT2D eigenvalue weighted by Gasteiger charge is -2.07. The van der Waals surface area contributed by atoms with Crippen LogP contribution in [0.2, 0.25) is 5.02 Å². The number of halogens is 2. The van der Waals surface area contributed by atoms with Crippen LogP contribution < -0.4 is 5.32 Å². The van der Waals surface area contributed by atoms with Crippen LogP contribution in [0.25, 0.3) is 0 Å². The van der Waals surface area contributed by atoms with Gasteiger partial charge in [-0.25, -0.2) is 4.39 Å². The fourth-order valence-electron chi connectivity index (χ4n) is 1.34. The van der Waals surface area contributed by atoms with Crippen molar-refractivity contribution in [3.63, 3.8) is 0 Å². The minimum atomic E-state index is -0.350. The SMILES string of the molecule is CCOCC(=O)NCCc1c(F)cccc1Cl. The van der Waals surface area contributed by atoms with Gasteiger partial charge in [0, 0.05) is 23.7 Å². The zero-order valence-electron chi connectivity index (χ0n) is 9.63. The van der Waals surface area contributed by atoms with E-state index in [0.29, 0.717) is 30.2 Å². The zero-order chi connectivity index (χ0) is 12.7. The smallest absolute Gasteiger partial charge is 0.246 e. The Hall–Kier alpha value is -1.13. The molecule has 0 aromatic heterocycles. The van der Waals surface area contributed by atoms with E-state index in [1.165, 1.54) is 6.07 Å². The topological polar surface area (TPSA) is 38.3 Å². The quantitative estimate of drug-likeness (QED) is 0.850. The Bertz CT molecular complexity index is 365. The maximum Gasteiger partial charge on any atom is 0.246 e. The predicted molar refractivity (Wildman–Crippen MR) is 64.6 cm³/mol. The Kier molecular flexibility index (Phi) is 5.94. The monoisotopic (exact) mass is 259 g/mol. The van der Waals surface area contributed by atoms with Gasteiger partial charge in [0.15, 0.2) is 0 Å². The molecule has 5 heteroatoms. The lowest BCUT2D eigenvalue weighted by Crippen LogP contribution is -2.29. The molecule has 0 bridgehead atoms. The Balaban J connectivity index is 2.38. The van der Waals surface area contributed by atoms with E-state index >= 15 is 0 Å². The second kappa shape index (κ2) is 7.25. The average Bonchev–Trinajstić information content (AvgIpc) is 2.30. The lowest BCUT2D eigenvalue weighted by molar-refractivity contribution is -0.125. The van der Waals surface area contributed by atoms with E-state index in [1.807, 2.05) is 6.92 Å². The minimum Gasteiger partial charge on any atom is -0.372 e. The summed E-state index contributed by atoms with van der Waals surface area (Å²) in [7, 11) is 0. The molecule has 1 amide bonds. The van der Waals surface area contributed by atoms with E-state index in [1.54, 1.807) is 12.1 Å². The highest BCUT2D eigenvalue weighted by Gasteiger charge is 2.07. The van der Waals surface area contributed by atoms with Gasteiger partial charge in [-0.05, 0) is 25.5 Å². The summed E-state index contributed by atoms with van der Waals surface area (Å²) in [6.07, 6.45) is 0.364. The molecule has 0 saturated heterocycles. The van der Waals surface area contributed by atoms with Crippen LogP contribution in [-0.4, -0.2) is 25.7 Å². The van der Waals surface area contributed by atoms with Crippen molar-refractivity contribution < 1.29 is 13.9 Å². The van der Waals surface area contributed by atoms with Crippen molar-refractivity contribution in [3.8, 4) is 0 Å². The van der Waals surface area contributed by atoms with Gasteiger partial charge in [-0.3, -0.25) is 4.79 Å². The zero-order valence-corrected chi connectivity index (χ0v) is 10.4. The molecule has 0 saturated carbocycles. The van der Waals surface area contributed by atoms with Crippen molar-refractivity contribution in [2.75, 3.05) is 19.8 Å². The first kappa shape index (κ1) is 13.9. The molecule has 94 valence electrons. The lowest BCUT2D eigenvalue weighted by atomic mass is 10.1. The molecule has 0 aliphatic heterocycles. The summed E-state index contributed by atoms with van der Waals surface area (Å²) in [6, 6.07) is 4.53. The maximum atomic E-state index is 13.4. The van der Waals surface area contributed by atoms with E-state index in [4.69, 9.17) is 16.3 Å². The van der Waals surface area contributed by atoms with Crippen molar-refractivity contribution in [2.45, 2.75) is 13.3 Å². The summed E-state index contributed by atoms with van der Waals surface area (Å²) in [6.45, 7) is 2.67. The van der Waals surface area contributed by atoms with Crippen LogP contribution in [0.3, 0.4) is 0 Å². The molecule has 0 unspecified atom stereocenters. The van der Waals surface area contributed by atoms with Crippen molar-refractivity contribution in [3.05, 3.63) is 34.6 Å². The molecule has 0 aliphatic carbocycles. The first-order valence-corrected chi connectivity index (χ1v) is 5.80. The molecule has 0 spiro atoms. The number of carbonyl (C=O) groups excluding carboxylic acids is 1. The van der Waals surface area contributed by atoms with E-state index in [2.05, 4.69) is 5.32 Å². The van der Waals surface area contributed by atoms with Crippen LogP contribution >= 0.6 is 11.6 Å². The second-order valence-electron chi connectivity index (χ2n) is 3.44. The molecule has 0 radical (unpaired) electrons. The molecule has 17 heavy (non-hydrogen) atoms. The van der Waals surface area contributed by atoms with Gasteiger partial charge in [0.1, 0.15) is 12.4 Å². The van der Waals surface area contributed by atoms with Crippen LogP contribution in [0.1, 0.15) is 12.5 Å². The molecule has 1 aromatic carbocycles. The molecule has 1 aromatic rings. The highest BCUT2D eigenvalue weighted by Crippen LogP contribution is 2.18. The molecule has 1 rings (SSSR count). The summed E-state index contributed by atoms with van der Waals surface area (Å²) >= 11 is 5.85. The van der Waals surface area contributed by atoms with Crippen molar-refractivity contribution in [2.24, 2.45) is 0 Å². The molecule has 1 N–H and O–H groups in total.